The molecule has 1 aliphatic rings. The zero-order valence-corrected chi connectivity index (χ0v) is 18.8. The number of hydrogen-bond acceptors (Lipinski definition) is 3. The minimum atomic E-state index is -0.490. The van der Waals surface area contributed by atoms with Gasteiger partial charge in [0.05, 0.1) is 5.75 Å². The number of rotatable bonds is 9. The predicted octanol–water partition coefficient (Wildman–Crippen LogP) is 4.70. The molecule has 0 heterocycles. The molecule has 5 heteroatoms. The van der Waals surface area contributed by atoms with E-state index >= 15 is 0 Å². The van der Waals surface area contributed by atoms with Crippen molar-refractivity contribution in [3.63, 3.8) is 0 Å². The third kappa shape index (κ3) is 6.63. The van der Waals surface area contributed by atoms with E-state index in [0.29, 0.717) is 12.3 Å². The highest BCUT2D eigenvalue weighted by molar-refractivity contribution is 7.99. The second-order valence-corrected chi connectivity index (χ2v) is 9.14. The zero-order chi connectivity index (χ0) is 21.3. The van der Waals surface area contributed by atoms with Gasteiger partial charge in [-0.15, -0.1) is 11.8 Å². The van der Waals surface area contributed by atoms with Crippen LogP contribution in [-0.4, -0.2) is 34.6 Å². The number of nitrogens with one attached hydrogen (secondary N) is 1. The molecule has 0 radical (unpaired) electrons. The third-order valence-electron chi connectivity index (χ3n) is 5.64. The molecule has 0 spiro atoms. The van der Waals surface area contributed by atoms with E-state index in [1.807, 2.05) is 50.2 Å². The van der Waals surface area contributed by atoms with Gasteiger partial charge < -0.3 is 10.2 Å². The Balaban J connectivity index is 1.65. The van der Waals surface area contributed by atoms with Gasteiger partial charge in [-0.1, -0.05) is 73.0 Å². The smallest absolute Gasteiger partial charge is 0.242 e. The Hall–Kier alpha value is -2.27. The van der Waals surface area contributed by atoms with E-state index in [-0.39, 0.29) is 17.9 Å². The molecule has 0 saturated heterocycles. The summed E-state index contributed by atoms with van der Waals surface area (Å²) in [5.74, 6) is 1.11. The topological polar surface area (TPSA) is 49.4 Å². The van der Waals surface area contributed by atoms with Gasteiger partial charge in [0.2, 0.25) is 11.8 Å². The first-order chi connectivity index (χ1) is 14.5. The van der Waals surface area contributed by atoms with Crippen molar-refractivity contribution in [2.75, 3.05) is 5.75 Å². The van der Waals surface area contributed by atoms with E-state index in [1.165, 1.54) is 18.4 Å². The Kier molecular flexibility index (Phi) is 8.38. The molecule has 1 saturated carbocycles. The van der Waals surface area contributed by atoms with Crippen molar-refractivity contribution >= 4 is 23.6 Å². The molecule has 160 valence electrons. The lowest BCUT2D eigenvalue weighted by molar-refractivity contribution is -0.138. The average Bonchev–Trinajstić information content (AvgIpc) is 3.25. The largest absolute Gasteiger partial charge is 0.352 e. The van der Waals surface area contributed by atoms with Crippen LogP contribution >= 0.6 is 11.8 Å². The molecule has 0 aliphatic heterocycles. The number of aryl methyl sites for hydroxylation is 1. The first kappa shape index (κ1) is 22.4. The van der Waals surface area contributed by atoms with Gasteiger partial charge in [0, 0.05) is 18.3 Å². The van der Waals surface area contributed by atoms with Crippen LogP contribution in [0.5, 0.6) is 0 Å². The fourth-order valence-corrected chi connectivity index (χ4v) is 4.77. The first-order valence-corrected chi connectivity index (χ1v) is 12.0. The van der Waals surface area contributed by atoms with Crippen molar-refractivity contribution in [3.8, 4) is 0 Å². The Morgan fingerprint density at radius 3 is 2.47 bits per heavy atom. The molecule has 3 rings (SSSR count). The summed E-state index contributed by atoms with van der Waals surface area (Å²) in [6.45, 7) is 4.34. The van der Waals surface area contributed by atoms with Gasteiger partial charge in [0.25, 0.3) is 0 Å². The summed E-state index contributed by atoms with van der Waals surface area (Å²) in [5.41, 5.74) is 3.41. The number of carbonyl (C=O) groups is 2. The summed E-state index contributed by atoms with van der Waals surface area (Å²) in [6, 6.07) is 18.1. The predicted molar refractivity (Wildman–Crippen MR) is 124 cm³/mol. The van der Waals surface area contributed by atoms with Crippen LogP contribution in [0.1, 0.15) is 49.3 Å². The second-order valence-electron chi connectivity index (χ2n) is 8.16. The molecule has 2 aromatic rings. The molecule has 1 atom stereocenters. The van der Waals surface area contributed by atoms with E-state index in [9.17, 15) is 9.59 Å². The molecule has 30 heavy (non-hydrogen) atoms. The van der Waals surface area contributed by atoms with Gasteiger partial charge >= 0.3 is 0 Å². The minimum absolute atomic E-state index is 0.00603. The molecule has 1 unspecified atom stereocenters. The van der Waals surface area contributed by atoms with Gasteiger partial charge in [-0.25, -0.2) is 0 Å². The van der Waals surface area contributed by atoms with Crippen molar-refractivity contribution in [2.24, 2.45) is 0 Å². The lowest BCUT2D eigenvalue weighted by Gasteiger charge is -2.30. The van der Waals surface area contributed by atoms with E-state index in [4.69, 9.17) is 0 Å². The number of thioether (sulfide) groups is 1. The zero-order valence-electron chi connectivity index (χ0n) is 18.0. The molecular weight excluding hydrogens is 392 g/mol. The molecule has 1 fully saturated rings. The van der Waals surface area contributed by atoms with E-state index in [2.05, 4.69) is 23.5 Å². The van der Waals surface area contributed by atoms with Crippen molar-refractivity contribution in [1.82, 2.24) is 10.2 Å². The Labute approximate surface area is 184 Å². The van der Waals surface area contributed by atoms with Crippen LogP contribution in [0, 0.1) is 6.92 Å². The molecule has 1 aliphatic carbocycles. The molecule has 0 bridgehead atoms. The fourth-order valence-electron chi connectivity index (χ4n) is 3.90. The van der Waals surface area contributed by atoms with Gasteiger partial charge in [-0.3, -0.25) is 9.59 Å². The Bertz CT molecular complexity index is 834. The van der Waals surface area contributed by atoms with Crippen molar-refractivity contribution in [2.45, 2.75) is 63.9 Å². The summed E-state index contributed by atoms with van der Waals surface area (Å²) >= 11 is 1.60. The maximum absolute atomic E-state index is 13.1. The monoisotopic (exact) mass is 424 g/mol. The molecule has 4 nitrogen and oxygen atoms in total. The minimum Gasteiger partial charge on any atom is -0.352 e. The number of carbonyl (C=O) groups excluding carboxylic acids is 2. The van der Waals surface area contributed by atoms with Crippen molar-refractivity contribution in [3.05, 3.63) is 71.3 Å². The summed E-state index contributed by atoms with van der Waals surface area (Å²) in [4.78, 5) is 27.7. The highest BCUT2D eigenvalue weighted by Gasteiger charge is 2.28. The highest BCUT2D eigenvalue weighted by atomic mass is 32.2. The van der Waals surface area contributed by atoms with Crippen LogP contribution in [0.15, 0.2) is 54.6 Å². The van der Waals surface area contributed by atoms with Crippen LogP contribution in [-0.2, 0) is 21.9 Å². The standard InChI is InChI=1S/C25H32N2O2S/c1-19-9-8-12-22(15-19)16-27(20(2)25(29)26-23-13-6-7-14-23)24(28)18-30-17-21-10-4-3-5-11-21/h3-5,8-12,15,20,23H,6-7,13-14,16-18H2,1-2H3,(H,26,29). The lowest BCUT2D eigenvalue weighted by atomic mass is 10.1. The normalized spacial score (nSPS) is 15.0. The fraction of sp³-hybridized carbons (Fsp3) is 0.440. The van der Waals surface area contributed by atoms with Crippen molar-refractivity contribution < 1.29 is 9.59 Å². The van der Waals surface area contributed by atoms with Gasteiger partial charge in [0.15, 0.2) is 0 Å². The summed E-state index contributed by atoms with van der Waals surface area (Å²) < 4.78 is 0. The molecule has 0 aromatic heterocycles. The molecule has 2 aromatic carbocycles. The SMILES string of the molecule is Cc1cccc(CN(C(=O)CSCc2ccccc2)C(C)C(=O)NC2CCCC2)c1. The number of benzene rings is 2. The summed E-state index contributed by atoms with van der Waals surface area (Å²) in [6.07, 6.45) is 4.41. The number of hydrogen-bond donors (Lipinski definition) is 1. The number of nitrogens with zero attached hydrogens (tertiary/aromatic N) is 1. The van der Waals surface area contributed by atoms with Gasteiger partial charge in [0.1, 0.15) is 6.04 Å². The van der Waals surface area contributed by atoms with Crippen LogP contribution in [0.25, 0.3) is 0 Å². The van der Waals surface area contributed by atoms with Crippen LogP contribution in [0.4, 0.5) is 0 Å². The van der Waals surface area contributed by atoms with Gasteiger partial charge in [-0.2, -0.15) is 0 Å². The maximum Gasteiger partial charge on any atom is 0.242 e. The number of amides is 2. The van der Waals surface area contributed by atoms with Crippen LogP contribution < -0.4 is 5.32 Å². The Morgan fingerprint density at radius 1 is 1.07 bits per heavy atom. The van der Waals surface area contributed by atoms with E-state index < -0.39 is 6.04 Å². The Morgan fingerprint density at radius 2 is 1.77 bits per heavy atom. The van der Waals surface area contributed by atoms with Crippen LogP contribution in [0.2, 0.25) is 0 Å². The van der Waals surface area contributed by atoms with Crippen molar-refractivity contribution in [1.29, 1.82) is 0 Å². The maximum atomic E-state index is 13.1. The molecule has 2 amide bonds. The van der Waals surface area contributed by atoms with E-state index in [0.717, 1.165) is 29.7 Å². The van der Waals surface area contributed by atoms with E-state index in [1.54, 1.807) is 16.7 Å². The lowest BCUT2D eigenvalue weighted by Crippen LogP contribution is -2.50. The third-order valence-corrected chi connectivity index (χ3v) is 6.63. The first-order valence-electron chi connectivity index (χ1n) is 10.8. The molecular formula is C25H32N2O2S. The average molecular weight is 425 g/mol. The van der Waals surface area contributed by atoms with Gasteiger partial charge in [-0.05, 0) is 37.8 Å². The highest BCUT2D eigenvalue weighted by Crippen LogP contribution is 2.19. The summed E-state index contributed by atoms with van der Waals surface area (Å²) in [5, 5.41) is 3.15. The second kappa shape index (κ2) is 11.2. The molecule has 1 N–H and O–H groups in total. The summed E-state index contributed by atoms with van der Waals surface area (Å²) in [7, 11) is 0. The quantitative estimate of drug-likeness (QED) is 0.634. The van der Waals surface area contributed by atoms with Crippen LogP contribution in [0.3, 0.4) is 0 Å².